The molecule has 0 aliphatic heterocycles. The third-order valence-electron chi connectivity index (χ3n) is 2.84. The Morgan fingerprint density at radius 2 is 2.05 bits per heavy atom. The monoisotopic (exact) mass is 314 g/mol. The molecule has 1 heterocycles. The molecule has 1 aromatic heterocycles. The minimum absolute atomic E-state index is 0.0691. The molecule has 1 rings (SSSR count). The fourth-order valence-corrected chi connectivity index (χ4v) is 1.90. The summed E-state index contributed by atoms with van der Waals surface area (Å²) in [6.07, 6.45) is 0.588. The number of carbonyl (C=O) groups is 2. The maximum atomic E-state index is 11.8. The van der Waals surface area contributed by atoms with E-state index in [1.807, 2.05) is 13.8 Å². The molecule has 0 saturated carbocycles. The van der Waals surface area contributed by atoms with Gasteiger partial charge in [-0.25, -0.2) is 9.78 Å². The van der Waals surface area contributed by atoms with E-state index < -0.39 is 24.0 Å². The molecule has 7 heteroatoms. The van der Waals surface area contributed by atoms with Crippen LogP contribution in [0.4, 0.5) is 0 Å². The topological polar surface area (TPSA) is 99.5 Å². The normalized spacial score (nSPS) is 13.8. The molecule has 0 aromatic carbocycles. The zero-order valence-corrected chi connectivity index (χ0v) is 12.7. The molecule has 0 aliphatic carbocycles. The van der Waals surface area contributed by atoms with Crippen molar-refractivity contribution < 1.29 is 19.8 Å². The highest BCUT2D eigenvalue weighted by atomic mass is 35.5. The van der Waals surface area contributed by atoms with Gasteiger partial charge in [-0.05, 0) is 24.0 Å². The van der Waals surface area contributed by atoms with E-state index in [0.717, 1.165) is 0 Å². The molecule has 1 amide bonds. The Morgan fingerprint density at radius 3 is 2.52 bits per heavy atom. The van der Waals surface area contributed by atoms with Gasteiger partial charge in [-0.2, -0.15) is 0 Å². The number of nitrogens with zero attached hydrogens (tertiary/aromatic N) is 1. The number of aliphatic carboxylic acids is 1. The number of halogens is 1. The van der Waals surface area contributed by atoms with E-state index in [1.54, 1.807) is 12.1 Å². The standard InChI is InChI=1S/C14H19ClN2O4/c1-8(2)5-11(18)13(19)17-10(14(20)21)6-9-3-4-12(15)16-7-9/h3-4,7-8,10-11,18H,5-6H2,1-2H3,(H,17,19)(H,20,21)/t10-,11+/m0/s1. The quantitative estimate of drug-likeness (QED) is 0.658. The summed E-state index contributed by atoms with van der Waals surface area (Å²) >= 11 is 5.65. The van der Waals surface area contributed by atoms with Gasteiger partial charge >= 0.3 is 5.97 Å². The van der Waals surface area contributed by atoms with Crippen molar-refractivity contribution in [1.29, 1.82) is 0 Å². The van der Waals surface area contributed by atoms with Crippen molar-refractivity contribution in [3.8, 4) is 0 Å². The highest BCUT2D eigenvalue weighted by Crippen LogP contribution is 2.09. The number of pyridine rings is 1. The predicted octanol–water partition coefficient (Wildman–Crippen LogP) is 1.25. The summed E-state index contributed by atoms with van der Waals surface area (Å²) < 4.78 is 0. The van der Waals surface area contributed by atoms with Gasteiger partial charge in [-0.1, -0.05) is 31.5 Å². The molecule has 1 aromatic rings. The first-order valence-corrected chi connectivity index (χ1v) is 6.99. The van der Waals surface area contributed by atoms with E-state index in [0.29, 0.717) is 10.7 Å². The summed E-state index contributed by atoms with van der Waals surface area (Å²) in [7, 11) is 0. The highest BCUT2D eigenvalue weighted by Gasteiger charge is 2.24. The number of hydrogen-bond donors (Lipinski definition) is 3. The fourth-order valence-electron chi connectivity index (χ4n) is 1.78. The molecule has 6 nitrogen and oxygen atoms in total. The SMILES string of the molecule is CC(C)C[C@@H](O)C(=O)N[C@@H](Cc1ccc(Cl)nc1)C(=O)O. The number of nitrogens with one attached hydrogen (secondary N) is 1. The predicted molar refractivity (Wildman–Crippen MR) is 78.0 cm³/mol. The van der Waals surface area contributed by atoms with Gasteiger partial charge in [-0.3, -0.25) is 4.79 Å². The third-order valence-corrected chi connectivity index (χ3v) is 3.06. The molecular formula is C14H19ClN2O4. The van der Waals surface area contributed by atoms with Crippen LogP contribution in [0, 0.1) is 5.92 Å². The van der Waals surface area contributed by atoms with Crippen molar-refractivity contribution in [3.05, 3.63) is 29.0 Å². The summed E-state index contributed by atoms with van der Waals surface area (Å²) in [6.45, 7) is 3.73. The Kier molecular flexibility index (Phi) is 6.58. The van der Waals surface area contributed by atoms with Gasteiger partial charge in [-0.15, -0.1) is 0 Å². The molecule has 0 bridgehead atoms. The zero-order valence-electron chi connectivity index (χ0n) is 11.9. The molecule has 116 valence electrons. The van der Waals surface area contributed by atoms with Crippen molar-refractivity contribution in [2.75, 3.05) is 0 Å². The van der Waals surface area contributed by atoms with Gasteiger partial charge < -0.3 is 15.5 Å². The number of carbonyl (C=O) groups excluding carboxylic acids is 1. The Morgan fingerprint density at radius 1 is 1.38 bits per heavy atom. The largest absolute Gasteiger partial charge is 0.480 e. The van der Waals surface area contributed by atoms with Gasteiger partial charge in [0, 0.05) is 12.6 Å². The lowest BCUT2D eigenvalue weighted by Crippen LogP contribution is -2.46. The molecule has 0 aliphatic rings. The van der Waals surface area contributed by atoms with Crippen molar-refractivity contribution in [2.45, 2.75) is 38.8 Å². The number of amides is 1. The van der Waals surface area contributed by atoms with Crippen molar-refractivity contribution in [2.24, 2.45) is 5.92 Å². The first kappa shape index (κ1) is 17.4. The van der Waals surface area contributed by atoms with Crippen LogP contribution in [-0.4, -0.2) is 39.2 Å². The van der Waals surface area contributed by atoms with Crippen LogP contribution in [0.15, 0.2) is 18.3 Å². The Bertz CT molecular complexity index is 490. The van der Waals surface area contributed by atoms with Crippen LogP contribution in [0.5, 0.6) is 0 Å². The van der Waals surface area contributed by atoms with E-state index >= 15 is 0 Å². The number of aliphatic hydroxyl groups is 1. The summed E-state index contributed by atoms with van der Waals surface area (Å²) in [4.78, 5) is 26.8. The maximum Gasteiger partial charge on any atom is 0.326 e. The zero-order chi connectivity index (χ0) is 16.0. The number of hydrogen-bond acceptors (Lipinski definition) is 4. The number of aliphatic hydroxyl groups excluding tert-OH is 1. The summed E-state index contributed by atoms with van der Waals surface area (Å²) in [5.41, 5.74) is 0.630. The van der Waals surface area contributed by atoms with E-state index in [2.05, 4.69) is 10.3 Å². The lowest BCUT2D eigenvalue weighted by atomic mass is 10.0. The number of carboxylic acid groups (broad SMARTS) is 1. The summed E-state index contributed by atoms with van der Waals surface area (Å²) in [5, 5.41) is 21.5. The van der Waals surface area contributed by atoms with Gasteiger partial charge in [0.25, 0.3) is 0 Å². The molecule has 3 N–H and O–H groups in total. The van der Waals surface area contributed by atoms with Gasteiger partial charge in [0.1, 0.15) is 17.3 Å². The van der Waals surface area contributed by atoms with Crippen LogP contribution >= 0.6 is 11.6 Å². The first-order valence-electron chi connectivity index (χ1n) is 6.61. The van der Waals surface area contributed by atoms with Crippen molar-refractivity contribution in [3.63, 3.8) is 0 Å². The smallest absolute Gasteiger partial charge is 0.326 e. The lowest BCUT2D eigenvalue weighted by Gasteiger charge is -2.18. The van der Waals surface area contributed by atoms with E-state index in [4.69, 9.17) is 16.7 Å². The molecule has 0 fully saturated rings. The third kappa shape index (κ3) is 6.10. The molecule has 21 heavy (non-hydrogen) atoms. The Labute approximate surface area is 128 Å². The van der Waals surface area contributed by atoms with Crippen LogP contribution in [0.2, 0.25) is 5.15 Å². The number of rotatable bonds is 7. The summed E-state index contributed by atoms with van der Waals surface area (Å²) in [6, 6.07) is 2.06. The van der Waals surface area contributed by atoms with E-state index in [1.165, 1.54) is 6.20 Å². The lowest BCUT2D eigenvalue weighted by molar-refractivity contribution is -0.143. The van der Waals surface area contributed by atoms with Crippen LogP contribution in [0.1, 0.15) is 25.8 Å². The van der Waals surface area contributed by atoms with Crippen LogP contribution in [0.25, 0.3) is 0 Å². The first-order chi connectivity index (χ1) is 9.79. The second-order valence-corrected chi connectivity index (χ2v) is 5.63. The average molecular weight is 315 g/mol. The second kappa shape index (κ2) is 7.95. The molecule has 2 atom stereocenters. The minimum atomic E-state index is -1.21. The minimum Gasteiger partial charge on any atom is -0.480 e. The second-order valence-electron chi connectivity index (χ2n) is 5.24. The van der Waals surface area contributed by atoms with Gasteiger partial charge in [0.15, 0.2) is 0 Å². The molecular weight excluding hydrogens is 296 g/mol. The number of carboxylic acids is 1. The van der Waals surface area contributed by atoms with Crippen LogP contribution in [-0.2, 0) is 16.0 Å². The van der Waals surface area contributed by atoms with E-state index in [-0.39, 0.29) is 18.8 Å². The maximum absolute atomic E-state index is 11.8. The number of aromatic nitrogens is 1. The summed E-state index contributed by atoms with van der Waals surface area (Å²) in [5.74, 6) is -1.72. The van der Waals surface area contributed by atoms with Crippen LogP contribution in [0.3, 0.4) is 0 Å². The molecule has 0 spiro atoms. The van der Waals surface area contributed by atoms with Crippen molar-refractivity contribution >= 4 is 23.5 Å². The van der Waals surface area contributed by atoms with Crippen LogP contribution < -0.4 is 5.32 Å². The average Bonchev–Trinajstić information content (AvgIpc) is 2.39. The highest BCUT2D eigenvalue weighted by molar-refractivity contribution is 6.29. The van der Waals surface area contributed by atoms with E-state index in [9.17, 15) is 14.7 Å². The molecule has 0 unspecified atom stereocenters. The van der Waals surface area contributed by atoms with Gasteiger partial charge in [0.05, 0.1) is 0 Å². The Hall–Kier alpha value is -1.66. The van der Waals surface area contributed by atoms with Crippen molar-refractivity contribution in [1.82, 2.24) is 10.3 Å². The molecule has 0 radical (unpaired) electrons. The van der Waals surface area contributed by atoms with Gasteiger partial charge in [0.2, 0.25) is 5.91 Å². The fraction of sp³-hybridized carbons (Fsp3) is 0.500. The molecule has 0 saturated heterocycles. The Balaban J connectivity index is 2.67.